The van der Waals surface area contributed by atoms with Gasteiger partial charge >= 0.3 is 18.0 Å². The molecule has 2 atom stereocenters. The quantitative estimate of drug-likeness (QED) is 0.607. The molecule has 0 radical (unpaired) electrons. The fraction of sp³-hybridized carbons (Fsp3) is 0.750. The Balaban J connectivity index is 4.87. The summed E-state index contributed by atoms with van der Waals surface area (Å²) in [6, 6.07) is -2.40. The number of nitrogens with one attached hydrogen (secondary N) is 2. The van der Waals surface area contributed by atoms with Crippen LogP contribution in [0.15, 0.2) is 0 Å². The van der Waals surface area contributed by atoms with Gasteiger partial charge in [0, 0.05) is 0 Å². The maximum absolute atomic E-state index is 12.1. The molecule has 0 spiro atoms. The molecule has 0 aliphatic carbocycles. The highest BCUT2D eigenvalue weighted by atomic mass is 16.6. The van der Waals surface area contributed by atoms with E-state index in [0.717, 1.165) is 0 Å². The molecule has 3 N–H and O–H groups in total. The van der Waals surface area contributed by atoms with Gasteiger partial charge in [-0.3, -0.25) is 9.59 Å². The second kappa shape index (κ2) is 8.68. The fourth-order valence-electron chi connectivity index (χ4n) is 1.59. The molecule has 9 nitrogen and oxygen atoms in total. The van der Waals surface area contributed by atoms with E-state index in [1.54, 1.807) is 41.5 Å². The normalized spacial score (nSPS) is 14.0. The lowest BCUT2D eigenvalue weighted by atomic mass is 10.1. The summed E-state index contributed by atoms with van der Waals surface area (Å²) in [6.07, 6.45) is -1.44. The summed E-state index contributed by atoms with van der Waals surface area (Å²) in [5.74, 6) is -2.88. The average molecular weight is 360 g/mol. The van der Waals surface area contributed by atoms with Crippen LogP contribution in [0.4, 0.5) is 4.79 Å². The van der Waals surface area contributed by atoms with Crippen molar-refractivity contribution in [3.05, 3.63) is 0 Å². The Morgan fingerprint density at radius 3 is 1.80 bits per heavy atom. The minimum Gasteiger partial charge on any atom is -0.481 e. The molecule has 0 aromatic carbocycles. The van der Waals surface area contributed by atoms with E-state index >= 15 is 0 Å². The molecular weight excluding hydrogens is 332 g/mol. The third-order valence-corrected chi connectivity index (χ3v) is 2.51. The van der Waals surface area contributed by atoms with Gasteiger partial charge in [0.1, 0.15) is 23.3 Å². The summed E-state index contributed by atoms with van der Waals surface area (Å²) in [5.41, 5.74) is -1.57. The number of carbonyl (C=O) groups excluding carboxylic acids is 3. The lowest BCUT2D eigenvalue weighted by Crippen LogP contribution is -2.52. The molecule has 0 aliphatic rings. The largest absolute Gasteiger partial charge is 0.481 e. The number of hydrogen-bond acceptors (Lipinski definition) is 6. The molecule has 0 aliphatic heterocycles. The van der Waals surface area contributed by atoms with Crippen molar-refractivity contribution in [1.29, 1.82) is 0 Å². The van der Waals surface area contributed by atoms with E-state index in [1.807, 2.05) is 0 Å². The van der Waals surface area contributed by atoms with Gasteiger partial charge in [0.05, 0.1) is 6.42 Å². The SMILES string of the molecule is CC(NC(=O)OC(C)(C)C)C(=O)N[C@@H](CC(=O)O)C(=O)OC(C)(C)C. The molecule has 0 aromatic rings. The van der Waals surface area contributed by atoms with E-state index in [0.29, 0.717) is 0 Å². The first-order valence-corrected chi connectivity index (χ1v) is 7.85. The van der Waals surface area contributed by atoms with Crippen LogP contribution in [0.5, 0.6) is 0 Å². The third kappa shape index (κ3) is 11.0. The number of carboxylic acids is 1. The molecule has 25 heavy (non-hydrogen) atoms. The Bertz CT molecular complexity index is 518. The number of hydrogen-bond donors (Lipinski definition) is 3. The van der Waals surface area contributed by atoms with Crippen molar-refractivity contribution < 1.29 is 33.8 Å². The van der Waals surface area contributed by atoms with Gasteiger partial charge in [0.2, 0.25) is 5.91 Å². The standard InChI is InChI=1S/C16H28N2O7/c1-9(17-14(23)25-16(5,6)7)12(21)18-10(8-11(19)20)13(22)24-15(2,3)4/h9-10H,8H2,1-7H3,(H,17,23)(H,18,21)(H,19,20)/t9?,10-/m0/s1. The average Bonchev–Trinajstić information content (AvgIpc) is 2.32. The summed E-state index contributed by atoms with van der Waals surface area (Å²) in [6.45, 7) is 11.3. The van der Waals surface area contributed by atoms with Gasteiger partial charge in [-0.15, -0.1) is 0 Å². The van der Waals surface area contributed by atoms with Gasteiger partial charge in [-0.1, -0.05) is 0 Å². The topological polar surface area (TPSA) is 131 Å². The Labute approximate surface area is 147 Å². The van der Waals surface area contributed by atoms with Crippen molar-refractivity contribution in [3.8, 4) is 0 Å². The first-order chi connectivity index (χ1) is 11.1. The molecule has 9 heteroatoms. The molecule has 1 unspecified atom stereocenters. The van der Waals surface area contributed by atoms with Crippen molar-refractivity contribution >= 4 is 23.9 Å². The van der Waals surface area contributed by atoms with Gasteiger partial charge in [-0.2, -0.15) is 0 Å². The molecule has 0 rings (SSSR count). The number of carboxylic acid groups (broad SMARTS) is 1. The summed E-state index contributed by atoms with van der Waals surface area (Å²) < 4.78 is 10.1. The van der Waals surface area contributed by atoms with E-state index in [1.165, 1.54) is 6.92 Å². The molecule has 0 fully saturated rings. The van der Waals surface area contributed by atoms with Crippen LogP contribution in [0.2, 0.25) is 0 Å². The number of ether oxygens (including phenoxy) is 2. The van der Waals surface area contributed by atoms with Crippen molar-refractivity contribution in [2.24, 2.45) is 0 Å². The van der Waals surface area contributed by atoms with Crippen LogP contribution >= 0.6 is 0 Å². The number of aliphatic carboxylic acids is 1. The van der Waals surface area contributed by atoms with Crippen LogP contribution in [0.3, 0.4) is 0 Å². The van der Waals surface area contributed by atoms with Crippen LogP contribution in [-0.4, -0.2) is 52.3 Å². The Morgan fingerprint density at radius 1 is 0.920 bits per heavy atom. The number of carbonyl (C=O) groups is 4. The van der Waals surface area contributed by atoms with E-state index in [2.05, 4.69) is 10.6 Å². The van der Waals surface area contributed by atoms with Gasteiger partial charge < -0.3 is 25.2 Å². The minimum absolute atomic E-state index is 0.639. The Morgan fingerprint density at radius 2 is 1.40 bits per heavy atom. The second-order valence-corrected chi connectivity index (χ2v) is 7.56. The third-order valence-electron chi connectivity index (χ3n) is 2.51. The van der Waals surface area contributed by atoms with Crippen molar-refractivity contribution in [1.82, 2.24) is 10.6 Å². The molecular formula is C16H28N2O7. The highest BCUT2D eigenvalue weighted by molar-refractivity contribution is 5.91. The highest BCUT2D eigenvalue weighted by Gasteiger charge is 2.30. The highest BCUT2D eigenvalue weighted by Crippen LogP contribution is 2.10. The zero-order valence-corrected chi connectivity index (χ0v) is 15.8. The molecule has 2 amide bonds. The number of amides is 2. The van der Waals surface area contributed by atoms with Crippen LogP contribution in [0.1, 0.15) is 54.9 Å². The minimum atomic E-state index is -1.37. The Hall–Kier alpha value is -2.32. The summed E-state index contributed by atoms with van der Waals surface area (Å²) in [4.78, 5) is 46.8. The van der Waals surface area contributed by atoms with Crippen LogP contribution in [0, 0.1) is 0 Å². The zero-order valence-electron chi connectivity index (χ0n) is 15.8. The maximum atomic E-state index is 12.1. The van der Waals surface area contributed by atoms with Crippen LogP contribution in [-0.2, 0) is 23.9 Å². The summed E-state index contributed by atoms with van der Waals surface area (Å²) >= 11 is 0. The smallest absolute Gasteiger partial charge is 0.408 e. The van der Waals surface area contributed by atoms with Crippen molar-refractivity contribution in [2.75, 3.05) is 0 Å². The molecule has 0 aromatic heterocycles. The molecule has 0 heterocycles. The molecule has 144 valence electrons. The van der Waals surface area contributed by atoms with Crippen molar-refractivity contribution in [2.45, 2.75) is 78.2 Å². The van der Waals surface area contributed by atoms with Gasteiger partial charge in [-0.05, 0) is 48.5 Å². The lowest BCUT2D eigenvalue weighted by molar-refractivity contribution is -0.161. The van der Waals surface area contributed by atoms with Gasteiger partial charge in [0.15, 0.2) is 0 Å². The zero-order chi connectivity index (χ0) is 20.0. The predicted molar refractivity (Wildman–Crippen MR) is 88.9 cm³/mol. The molecule has 0 saturated heterocycles. The lowest BCUT2D eigenvalue weighted by Gasteiger charge is -2.25. The number of rotatable bonds is 6. The summed E-state index contributed by atoms with van der Waals surface area (Å²) in [5, 5.41) is 13.5. The summed E-state index contributed by atoms with van der Waals surface area (Å²) in [7, 11) is 0. The monoisotopic (exact) mass is 360 g/mol. The number of esters is 1. The first kappa shape index (κ1) is 22.7. The van der Waals surface area contributed by atoms with E-state index < -0.39 is 53.6 Å². The first-order valence-electron chi connectivity index (χ1n) is 7.85. The maximum Gasteiger partial charge on any atom is 0.408 e. The van der Waals surface area contributed by atoms with E-state index in [-0.39, 0.29) is 0 Å². The Kier molecular flexibility index (Phi) is 7.88. The van der Waals surface area contributed by atoms with Gasteiger partial charge in [-0.25, -0.2) is 9.59 Å². The van der Waals surface area contributed by atoms with Crippen LogP contribution < -0.4 is 10.6 Å². The fourth-order valence-corrected chi connectivity index (χ4v) is 1.59. The van der Waals surface area contributed by atoms with Gasteiger partial charge in [0.25, 0.3) is 0 Å². The molecule has 0 bridgehead atoms. The number of alkyl carbamates (subject to hydrolysis) is 1. The van der Waals surface area contributed by atoms with E-state index in [9.17, 15) is 19.2 Å². The van der Waals surface area contributed by atoms with E-state index in [4.69, 9.17) is 14.6 Å². The predicted octanol–water partition coefficient (Wildman–Crippen LogP) is 1.20. The molecule has 0 saturated carbocycles. The van der Waals surface area contributed by atoms with Crippen LogP contribution in [0.25, 0.3) is 0 Å². The van der Waals surface area contributed by atoms with Crippen molar-refractivity contribution in [3.63, 3.8) is 0 Å². The second-order valence-electron chi connectivity index (χ2n) is 7.56.